The lowest BCUT2D eigenvalue weighted by molar-refractivity contribution is -0.151. The van der Waals surface area contributed by atoms with E-state index in [9.17, 15) is 9.59 Å². The average Bonchev–Trinajstić information content (AvgIpc) is 3.03. The summed E-state index contributed by atoms with van der Waals surface area (Å²) in [6.45, 7) is 6.43. The van der Waals surface area contributed by atoms with Gasteiger partial charge < -0.3 is 24.1 Å². The quantitative estimate of drug-likeness (QED) is 0.847. The molecule has 0 aliphatic carbocycles. The topological polar surface area (TPSA) is 80.9 Å². The minimum atomic E-state index is -0.860. The Balaban J connectivity index is 1.67. The maximum absolute atomic E-state index is 12.6. The van der Waals surface area contributed by atoms with Gasteiger partial charge in [0.25, 0.3) is 5.91 Å². The molecule has 1 saturated heterocycles. The van der Waals surface area contributed by atoms with Crippen molar-refractivity contribution in [1.82, 2.24) is 9.88 Å². The van der Waals surface area contributed by atoms with Gasteiger partial charge in [-0.1, -0.05) is 0 Å². The number of H-pyrrole nitrogens is 1. The van der Waals surface area contributed by atoms with Crippen LogP contribution in [0.5, 0.6) is 5.75 Å². The summed E-state index contributed by atoms with van der Waals surface area (Å²) in [5, 5.41) is 0.868. The number of esters is 1. The van der Waals surface area contributed by atoms with Gasteiger partial charge in [-0.05, 0) is 39.0 Å². The molecule has 1 N–H and O–H groups in total. The van der Waals surface area contributed by atoms with Crippen molar-refractivity contribution in [2.45, 2.75) is 39.1 Å². The Kier molecular flexibility index (Phi) is 5.18. The summed E-state index contributed by atoms with van der Waals surface area (Å²) in [6.07, 6.45) is -0.926. The third-order valence-corrected chi connectivity index (χ3v) is 4.41. The van der Waals surface area contributed by atoms with Gasteiger partial charge in [0.15, 0.2) is 6.10 Å². The number of aromatic amines is 1. The van der Waals surface area contributed by atoms with E-state index in [0.717, 1.165) is 10.9 Å². The average molecular weight is 360 g/mol. The molecule has 0 spiro atoms. The summed E-state index contributed by atoms with van der Waals surface area (Å²) in [4.78, 5) is 29.7. The maximum Gasteiger partial charge on any atom is 0.355 e. The SMILES string of the molecule is COc1ccc2cc(C(=O)OC(C)C(=O)N3CC(C)OC(C)C3)[nH]c2c1. The van der Waals surface area contributed by atoms with E-state index in [4.69, 9.17) is 14.2 Å². The van der Waals surface area contributed by atoms with Crippen molar-refractivity contribution >= 4 is 22.8 Å². The van der Waals surface area contributed by atoms with E-state index >= 15 is 0 Å². The Morgan fingerprint density at radius 2 is 1.92 bits per heavy atom. The van der Waals surface area contributed by atoms with Crippen LogP contribution < -0.4 is 4.74 Å². The first-order valence-corrected chi connectivity index (χ1v) is 8.69. The van der Waals surface area contributed by atoms with Gasteiger partial charge in [0, 0.05) is 30.1 Å². The first-order valence-electron chi connectivity index (χ1n) is 8.69. The molecule has 140 valence electrons. The Bertz CT molecular complexity index is 805. The lowest BCUT2D eigenvalue weighted by Gasteiger charge is -2.36. The summed E-state index contributed by atoms with van der Waals surface area (Å²) in [5.41, 5.74) is 1.07. The van der Waals surface area contributed by atoms with Crippen molar-refractivity contribution < 1.29 is 23.8 Å². The number of hydrogen-bond donors (Lipinski definition) is 1. The molecular formula is C19H24N2O5. The molecule has 1 aliphatic heterocycles. The summed E-state index contributed by atoms with van der Waals surface area (Å²) in [5.74, 6) is -0.0770. The van der Waals surface area contributed by atoms with Crippen molar-refractivity contribution in [1.29, 1.82) is 0 Å². The van der Waals surface area contributed by atoms with Crippen LogP contribution >= 0.6 is 0 Å². The first kappa shape index (κ1) is 18.3. The molecule has 3 atom stereocenters. The number of ether oxygens (including phenoxy) is 3. The van der Waals surface area contributed by atoms with Crippen LogP contribution in [0.3, 0.4) is 0 Å². The standard InChI is InChI=1S/C19H24N2O5/c1-11-9-21(10-12(2)25-11)18(22)13(3)26-19(23)17-7-14-5-6-15(24-4)8-16(14)20-17/h5-8,11-13,20H,9-10H2,1-4H3. The number of nitrogens with zero attached hydrogens (tertiary/aromatic N) is 1. The Morgan fingerprint density at radius 3 is 2.58 bits per heavy atom. The first-order chi connectivity index (χ1) is 12.4. The number of nitrogens with one attached hydrogen (secondary N) is 1. The molecule has 2 aromatic rings. The molecule has 7 nitrogen and oxygen atoms in total. The largest absolute Gasteiger partial charge is 0.497 e. The van der Waals surface area contributed by atoms with Crippen LogP contribution in [0.25, 0.3) is 10.9 Å². The number of aromatic nitrogens is 1. The minimum Gasteiger partial charge on any atom is -0.497 e. The third-order valence-electron chi connectivity index (χ3n) is 4.41. The predicted octanol–water partition coefficient (Wildman–Crippen LogP) is 2.36. The van der Waals surface area contributed by atoms with Crippen molar-refractivity contribution in [3.8, 4) is 5.75 Å². The van der Waals surface area contributed by atoms with Gasteiger partial charge >= 0.3 is 5.97 Å². The van der Waals surface area contributed by atoms with E-state index in [0.29, 0.717) is 24.5 Å². The Labute approximate surface area is 152 Å². The molecular weight excluding hydrogens is 336 g/mol. The van der Waals surface area contributed by atoms with E-state index < -0.39 is 12.1 Å². The van der Waals surface area contributed by atoms with Gasteiger partial charge in [0.05, 0.1) is 19.3 Å². The highest BCUT2D eigenvalue weighted by Gasteiger charge is 2.30. The molecule has 7 heteroatoms. The second-order valence-electron chi connectivity index (χ2n) is 6.68. The van der Waals surface area contributed by atoms with Gasteiger partial charge in [0.1, 0.15) is 11.4 Å². The fourth-order valence-corrected chi connectivity index (χ4v) is 3.23. The second-order valence-corrected chi connectivity index (χ2v) is 6.68. The number of benzene rings is 1. The molecule has 26 heavy (non-hydrogen) atoms. The molecule has 1 aromatic carbocycles. The highest BCUT2D eigenvalue weighted by Crippen LogP contribution is 2.22. The van der Waals surface area contributed by atoms with Crippen LogP contribution in [-0.2, 0) is 14.3 Å². The fourth-order valence-electron chi connectivity index (χ4n) is 3.23. The van der Waals surface area contributed by atoms with E-state index in [1.54, 1.807) is 31.1 Å². The molecule has 2 heterocycles. The van der Waals surface area contributed by atoms with E-state index in [-0.39, 0.29) is 18.1 Å². The predicted molar refractivity (Wildman–Crippen MR) is 96.3 cm³/mol. The molecule has 1 amide bonds. The van der Waals surface area contributed by atoms with Crippen LogP contribution in [-0.4, -0.2) is 60.3 Å². The lowest BCUT2D eigenvalue weighted by Crippen LogP contribution is -2.51. The van der Waals surface area contributed by atoms with E-state index in [1.807, 2.05) is 26.0 Å². The van der Waals surface area contributed by atoms with E-state index in [2.05, 4.69) is 4.98 Å². The number of methoxy groups -OCH3 is 1. The summed E-state index contributed by atoms with van der Waals surface area (Å²) in [6, 6.07) is 7.18. The van der Waals surface area contributed by atoms with Crippen LogP contribution in [0.2, 0.25) is 0 Å². The number of fused-ring (bicyclic) bond motifs is 1. The van der Waals surface area contributed by atoms with Gasteiger partial charge in [-0.2, -0.15) is 0 Å². The number of morpholine rings is 1. The van der Waals surface area contributed by atoms with Gasteiger partial charge in [-0.3, -0.25) is 4.79 Å². The molecule has 0 bridgehead atoms. The van der Waals surface area contributed by atoms with Gasteiger partial charge in [-0.25, -0.2) is 4.79 Å². The lowest BCUT2D eigenvalue weighted by atomic mass is 10.2. The minimum absolute atomic E-state index is 0.0331. The Hall–Kier alpha value is -2.54. The van der Waals surface area contributed by atoms with Crippen LogP contribution in [0, 0.1) is 0 Å². The second kappa shape index (κ2) is 7.37. The summed E-state index contributed by atoms with van der Waals surface area (Å²) >= 11 is 0. The van der Waals surface area contributed by atoms with Gasteiger partial charge in [0.2, 0.25) is 0 Å². The smallest absolute Gasteiger partial charge is 0.355 e. The molecule has 3 unspecified atom stereocenters. The zero-order valence-electron chi connectivity index (χ0n) is 15.4. The molecule has 3 rings (SSSR count). The van der Waals surface area contributed by atoms with Crippen molar-refractivity contribution in [2.24, 2.45) is 0 Å². The number of amides is 1. The monoisotopic (exact) mass is 360 g/mol. The normalized spacial score (nSPS) is 21.5. The van der Waals surface area contributed by atoms with Crippen molar-refractivity contribution in [3.05, 3.63) is 30.0 Å². The molecule has 1 aromatic heterocycles. The Morgan fingerprint density at radius 1 is 1.23 bits per heavy atom. The highest BCUT2D eigenvalue weighted by atomic mass is 16.5. The zero-order valence-corrected chi connectivity index (χ0v) is 15.4. The van der Waals surface area contributed by atoms with E-state index in [1.165, 1.54) is 0 Å². The van der Waals surface area contributed by atoms with Crippen molar-refractivity contribution in [3.63, 3.8) is 0 Å². The fraction of sp³-hybridized carbons (Fsp3) is 0.474. The van der Waals surface area contributed by atoms with Gasteiger partial charge in [-0.15, -0.1) is 0 Å². The van der Waals surface area contributed by atoms with Crippen LogP contribution in [0.1, 0.15) is 31.3 Å². The number of rotatable bonds is 4. The molecule has 0 saturated carbocycles. The molecule has 0 radical (unpaired) electrons. The molecule has 1 fully saturated rings. The summed E-state index contributed by atoms with van der Waals surface area (Å²) in [7, 11) is 1.58. The third kappa shape index (κ3) is 3.83. The summed E-state index contributed by atoms with van der Waals surface area (Å²) < 4.78 is 16.2. The number of hydrogen-bond acceptors (Lipinski definition) is 5. The maximum atomic E-state index is 12.6. The zero-order chi connectivity index (χ0) is 18.8. The van der Waals surface area contributed by atoms with Crippen LogP contribution in [0.15, 0.2) is 24.3 Å². The highest BCUT2D eigenvalue weighted by molar-refractivity contribution is 5.96. The molecule has 1 aliphatic rings. The van der Waals surface area contributed by atoms with Crippen molar-refractivity contribution in [2.75, 3.05) is 20.2 Å². The number of carbonyl (C=O) groups excluding carboxylic acids is 2. The van der Waals surface area contributed by atoms with Crippen LogP contribution in [0.4, 0.5) is 0 Å². The number of carbonyl (C=O) groups is 2.